The van der Waals surface area contributed by atoms with Crippen molar-refractivity contribution in [3.05, 3.63) is 11.6 Å². The summed E-state index contributed by atoms with van der Waals surface area (Å²) in [6.45, 7) is 8.06. The molecule has 0 radical (unpaired) electrons. The third kappa shape index (κ3) is 4.69. The van der Waals surface area contributed by atoms with Crippen molar-refractivity contribution in [2.75, 3.05) is 13.7 Å². The first-order valence-electron chi connectivity index (χ1n) is 15.7. The van der Waals surface area contributed by atoms with E-state index in [0.29, 0.717) is 24.7 Å². The Balaban J connectivity index is 1.19. The summed E-state index contributed by atoms with van der Waals surface area (Å²) in [5.41, 5.74) is -0.559. The van der Waals surface area contributed by atoms with Gasteiger partial charge in [0.15, 0.2) is 6.29 Å². The minimum absolute atomic E-state index is 0.0898. The zero-order chi connectivity index (χ0) is 29.3. The average molecular weight is 577 g/mol. The highest BCUT2D eigenvalue weighted by Crippen LogP contribution is 2.70. The first-order chi connectivity index (χ1) is 19.4. The molecule has 0 bridgehead atoms. The summed E-state index contributed by atoms with van der Waals surface area (Å²) in [5.74, 6) is 0.0175. The van der Waals surface area contributed by atoms with E-state index in [1.807, 2.05) is 6.92 Å². The number of cyclic esters (lactones) is 1. The van der Waals surface area contributed by atoms with Crippen molar-refractivity contribution in [3.63, 3.8) is 0 Å². The fourth-order valence-corrected chi connectivity index (χ4v) is 10.4. The molecule has 13 atom stereocenters. The van der Waals surface area contributed by atoms with E-state index < -0.39 is 23.2 Å². The molecular formula is C32H48O9. The topological polar surface area (TPSA) is 121 Å². The molecule has 2 heterocycles. The fourth-order valence-electron chi connectivity index (χ4n) is 10.4. The molecule has 5 fully saturated rings. The van der Waals surface area contributed by atoms with Crippen molar-refractivity contribution < 1.29 is 43.5 Å². The van der Waals surface area contributed by atoms with E-state index in [2.05, 4.69) is 13.8 Å². The molecule has 4 saturated carbocycles. The molecule has 6 rings (SSSR count). The summed E-state index contributed by atoms with van der Waals surface area (Å²) in [5, 5.41) is 23.0. The van der Waals surface area contributed by atoms with Gasteiger partial charge in [0.2, 0.25) is 0 Å². The van der Waals surface area contributed by atoms with Crippen LogP contribution in [0.1, 0.15) is 85.5 Å². The Bertz CT molecular complexity index is 1080. The number of carbonyl (C=O) groups excluding carboxylic acids is 2. The highest BCUT2D eigenvalue weighted by Gasteiger charge is 2.71. The zero-order valence-electron chi connectivity index (χ0n) is 25.2. The lowest BCUT2D eigenvalue weighted by molar-refractivity contribution is -0.273. The number of esters is 2. The van der Waals surface area contributed by atoms with E-state index in [1.54, 1.807) is 13.2 Å². The molecule has 9 nitrogen and oxygen atoms in total. The van der Waals surface area contributed by atoms with Crippen LogP contribution in [0, 0.1) is 34.5 Å². The monoisotopic (exact) mass is 576 g/mol. The molecule has 230 valence electrons. The molecule has 2 aliphatic heterocycles. The van der Waals surface area contributed by atoms with E-state index in [-0.39, 0.29) is 60.4 Å². The average Bonchev–Trinajstić information content (AvgIpc) is 3.42. The summed E-state index contributed by atoms with van der Waals surface area (Å²) in [6, 6.07) is 0. The fraction of sp³-hybridized carbons (Fsp3) is 0.875. The van der Waals surface area contributed by atoms with Crippen LogP contribution >= 0.6 is 0 Å². The SMILES string of the molecule is CO[C@H]1CC(OC2CC[C@@]3(C)C(CC[C@@H]4[C@@H]3CC[C@]3(C)[C@@H](C5=CC(=O)OC5)C(OC(C)=O)C[C@]43O)C2)O[C@H](C)[C@H]1O. The van der Waals surface area contributed by atoms with Gasteiger partial charge in [-0.05, 0) is 80.6 Å². The number of carbonyl (C=O) groups is 2. The smallest absolute Gasteiger partial charge is 0.331 e. The van der Waals surface area contributed by atoms with Gasteiger partial charge in [-0.1, -0.05) is 13.8 Å². The van der Waals surface area contributed by atoms with Gasteiger partial charge >= 0.3 is 11.9 Å². The van der Waals surface area contributed by atoms with Gasteiger partial charge in [0.25, 0.3) is 0 Å². The lowest BCUT2D eigenvalue weighted by atomic mass is 9.43. The Kier molecular flexibility index (Phi) is 7.62. The highest BCUT2D eigenvalue weighted by atomic mass is 16.7. The Morgan fingerprint density at radius 1 is 1.07 bits per heavy atom. The lowest BCUT2D eigenvalue weighted by Crippen LogP contribution is -2.62. The summed E-state index contributed by atoms with van der Waals surface area (Å²) in [6.07, 6.45) is 7.14. The Labute approximate surface area is 243 Å². The van der Waals surface area contributed by atoms with E-state index >= 15 is 0 Å². The van der Waals surface area contributed by atoms with Gasteiger partial charge in [-0.3, -0.25) is 4.79 Å². The van der Waals surface area contributed by atoms with Crippen LogP contribution < -0.4 is 0 Å². The summed E-state index contributed by atoms with van der Waals surface area (Å²) < 4.78 is 29.1. The van der Waals surface area contributed by atoms with E-state index in [1.165, 1.54) is 6.92 Å². The van der Waals surface area contributed by atoms with Crippen LogP contribution in [0.4, 0.5) is 0 Å². The lowest BCUT2D eigenvalue weighted by Gasteiger charge is -2.63. The molecule has 6 aliphatic rings. The second-order valence-corrected chi connectivity index (χ2v) is 14.3. The van der Waals surface area contributed by atoms with Crippen LogP contribution in [0.25, 0.3) is 0 Å². The van der Waals surface area contributed by atoms with Crippen LogP contribution in [0.2, 0.25) is 0 Å². The molecule has 0 amide bonds. The normalized spacial score (nSPS) is 51.2. The predicted molar refractivity (Wildman–Crippen MR) is 147 cm³/mol. The van der Waals surface area contributed by atoms with Crippen LogP contribution in [-0.2, 0) is 33.3 Å². The molecule has 41 heavy (non-hydrogen) atoms. The summed E-state index contributed by atoms with van der Waals surface area (Å²) >= 11 is 0. The molecule has 1 saturated heterocycles. The number of aliphatic hydroxyl groups excluding tert-OH is 1. The largest absolute Gasteiger partial charge is 0.462 e. The maximum atomic E-state index is 12.7. The molecule has 0 aromatic rings. The molecule has 4 aliphatic carbocycles. The van der Waals surface area contributed by atoms with Gasteiger partial charge in [-0.15, -0.1) is 0 Å². The quantitative estimate of drug-likeness (QED) is 0.373. The standard InChI is InChI=1S/C32H48O9/c1-17-29(35)24(37-5)14-27(39-17)41-21-8-10-30(3)20(13-21)6-7-23-22(30)9-11-31(4)28(19-12-26(34)38-16-19)25(40-18(2)33)15-32(23,31)36/h12,17,20-25,27-29,35-36H,6-11,13-16H2,1-5H3/t17-,20?,21?,22+,23-,24+,25?,27?,28+,29-,30+,31-,32+/m1/s1. The van der Waals surface area contributed by atoms with Crippen LogP contribution in [0.3, 0.4) is 0 Å². The second kappa shape index (κ2) is 10.6. The Morgan fingerprint density at radius 2 is 1.85 bits per heavy atom. The van der Waals surface area contributed by atoms with Gasteiger partial charge in [-0.25, -0.2) is 4.79 Å². The maximum absolute atomic E-state index is 12.7. The number of ether oxygens (including phenoxy) is 5. The van der Waals surface area contributed by atoms with Crippen LogP contribution in [0.15, 0.2) is 11.6 Å². The van der Waals surface area contributed by atoms with E-state index in [0.717, 1.165) is 50.5 Å². The molecule has 2 N–H and O–H groups in total. The number of fused-ring (bicyclic) bond motifs is 5. The van der Waals surface area contributed by atoms with Crippen molar-refractivity contribution in [3.8, 4) is 0 Å². The highest BCUT2D eigenvalue weighted by molar-refractivity contribution is 5.85. The van der Waals surface area contributed by atoms with Crippen LogP contribution in [0.5, 0.6) is 0 Å². The molecule has 9 heteroatoms. The van der Waals surface area contributed by atoms with Crippen molar-refractivity contribution in [2.24, 2.45) is 34.5 Å². The summed E-state index contributed by atoms with van der Waals surface area (Å²) in [7, 11) is 1.62. The van der Waals surface area contributed by atoms with Gasteiger partial charge < -0.3 is 33.9 Å². The van der Waals surface area contributed by atoms with Crippen molar-refractivity contribution in [2.45, 2.75) is 128 Å². The molecule has 0 aromatic heterocycles. The second-order valence-electron chi connectivity index (χ2n) is 14.3. The molecule has 0 spiro atoms. The number of aliphatic hydroxyl groups is 2. The van der Waals surface area contributed by atoms with Crippen molar-refractivity contribution in [1.82, 2.24) is 0 Å². The number of hydrogen-bond donors (Lipinski definition) is 2. The van der Waals surface area contributed by atoms with Gasteiger partial charge in [0, 0.05) is 44.3 Å². The predicted octanol–water partition coefficient (Wildman–Crippen LogP) is 3.68. The van der Waals surface area contributed by atoms with Gasteiger partial charge in [0.1, 0.15) is 18.8 Å². The van der Waals surface area contributed by atoms with Gasteiger partial charge in [-0.2, -0.15) is 0 Å². The Hall–Kier alpha value is -1.52. The van der Waals surface area contributed by atoms with E-state index in [4.69, 9.17) is 23.7 Å². The third-order valence-corrected chi connectivity index (χ3v) is 12.5. The first-order valence-corrected chi connectivity index (χ1v) is 15.7. The molecule has 4 unspecified atom stereocenters. The minimum Gasteiger partial charge on any atom is -0.462 e. The summed E-state index contributed by atoms with van der Waals surface area (Å²) in [4.78, 5) is 24.2. The van der Waals surface area contributed by atoms with Gasteiger partial charge in [0.05, 0.1) is 23.9 Å². The van der Waals surface area contributed by atoms with E-state index in [9.17, 15) is 19.8 Å². The molecular weight excluding hydrogens is 528 g/mol. The van der Waals surface area contributed by atoms with Crippen molar-refractivity contribution in [1.29, 1.82) is 0 Å². The molecule has 0 aromatic carbocycles. The maximum Gasteiger partial charge on any atom is 0.331 e. The van der Waals surface area contributed by atoms with Crippen molar-refractivity contribution >= 4 is 11.9 Å². The minimum atomic E-state index is -0.990. The zero-order valence-corrected chi connectivity index (χ0v) is 25.2. The third-order valence-electron chi connectivity index (χ3n) is 12.5. The number of methoxy groups -OCH3 is 1. The van der Waals surface area contributed by atoms with Crippen LogP contribution in [-0.4, -0.2) is 78.3 Å². The Morgan fingerprint density at radius 3 is 2.54 bits per heavy atom. The number of rotatable bonds is 5. The number of hydrogen-bond acceptors (Lipinski definition) is 9. The first kappa shape index (κ1) is 29.5.